The summed E-state index contributed by atoms with van der Waals surface area (Å²) >= 11 is 0. The van der Waals surface area contributed by atoms with E-state index in [0.717, 1.165) is 12.0 Å². The van der Waals surface area contributed by atoms with Gasteiger partial charge in [0.2, 0.25) is 0 Å². The van der Waals surface area contributed by atoms with E-state index in [0.29, 0.717) is 17.8 Å². The van der Waals surface area contributed by atoms with Crippen LogP contribution >= 0.6 is 0 Å². The molecule has 0 spiro atoms. The van der Waals surface area contributed by atoms with E-state index in [2.05, 4.69) is 0 Å². The molecule has 0 radical (unpaired) electrons. The Balaban J connectivity index is 2.32. The van der Waals surface area contributed by atoms with Gasteiger partial charge in [0.1, 0.15) is 11.5 Å². The molecule has 0 aliphatic carbocycles. The molecule has 0 aromatic heterocycles. The van der Waals surface area contributed by atoms with Gasteiger partial charge in [-0.2, -0.15) is 0 Å². The number of rotatable bonds is 5. The Morgan fingerprint density at radius 2 is 2.05 bits per heavy atom. The Hall–Kier alpha value is -2.69. The van der Waals surface area contributed by atoms with E-state index in [1.54, 1.807) is 6.07 Å². The number of hydrogen-bond donors (Lipinski definition) is 0. The van der Waals surface area contributed by atoms with Crippen LogP contribution in [0.4, 0.5) is 5.69 Å². The molecule has 2 rings (SSSR count). The normalized spacial score (nSPS) is 10.1. The maximum atomic E-state index is 11.0. The van der Waals surface area contributed by atoms with Crippen molar-refractivity contribution in [2.75, 3.05) is 0 Å². The molecule has 5 heteroatoms. The van der Waals surface area contributed by atoms with Crippen molar-refractivity contribution in [2.45, 2.75) is 13.3 Å². The second-order valence-electron chi connectivity index (χ2n) is 4.20. The SMILES string of the molecule is CCc1cccc(Oc2ccc([N+](=O)[O-])cc2C=O)c1. The molecule has 0 fully saturated rings. The Kier molecular flexibility index (Phi) is 4.10. The largest absolute Gasteiger partial charge is 0.457 e. The van der Waals surface area contributed by atoms with Crippen LogP contribution in [0.3, 0.4) is 0 Å². The molecular weight excluding hydrogens is 258 g/mol. The topological polar surface area (TPSA) is 69.4 Å². The van der Waals surface area contributed by atoms with Crippen LogP contribution in [0.5, 0.6) is 11.5 Å². The number of carbonyl (C=O) groups excluding carboxylic acids is 1. The van der Waals surface area contributed by atoms with Crippen molar-refractivity contribution in [1.82, 2.24) is 0 Å². The predicted molar refractivity (Wildman–Crippen MR) is 74.4 cm³/mol. The number of nitrogens with zero attached hydrogens (tertiary/aromatic N) is 1. The minimum atomic E-state index is -0.547. The van der Waals surface area contributed by atoms with E-state index in [1.165, 1.54) is 18.2 Å². The minimum Gasteiger partial charge on any atom is -0.457 e. The fraction of sp³-hybridized carbons (Fsp3) is 0.133. The van der Waals surface area contributed by atoms with Gasteiger partial charge < -0.3 is 4.74 Å². The number of carbonyl (C=O) groups is 1. The lowest BCUT2D eigenvalue weighted by atomic mass is 10.1. The molecule has 0 bridgehead atoms. The first kappa shape index (κ1) is 13.7. The molecule has 0 saturated carbocycles. The Bertz CT molecular complexity index is 652. The Morgan fingerprint density at radius 1 is 1.25 bits per heavy atom. The summed E-state index contributed by atoms with van der Waals surface area (Å²) in [6.07, 6.45) is 1.42. The highest BCUT2D eigenvalue weighted by atomic mass is 16.6. The molecule has 0 heterocycles. The average Bonchev–Trinajstić information content (AvgIpc) is 2.47. The second-order valence-corrected chi connectivity index (χ2v) is 4.20. The fourth-order valence-corrected chi connectivity index (χ4v) is 1.79. The maximum absolute atomic E-state index is 11.0. The first-order valence-electron chi connectivity index (χ1n) is 6.14. The van der Waals surface area contributed by atoms with Crippen LogP contribution in [0.1, 0.15) is 22.8 Å². The van der Waals surface area contributed by atoms with Crippen LogP contribution < -0.4 is 4.74 Å². The van der Waals surface area contributed by atoms with Gasteiger partial charge in [0, 0.05) is 12.1 Å². The molecule has 5 nitrogen and oxygen atoms in total. The number of non-ortho nitro benzene ring substituents is 1. The van der Waals surface area contributed by atoms with Crippen molar-refractivity contribution in [3.05, 3.63) is 63.7 Å². The number of aryl methyl sites for hydroxylation is 1. The average molecular weight is 271 g/mol. The quantitative estimate of drug-likeness (QED) is 0.471. The lowest BCUT2D eigenvalue weighted by molar-refractivity contribution is -0.384. The standard InChI is InChI=1S/C15H13NO4/c1-2-11-4-3-5-14(8-11)20-15-7-6-13(16(18)19)9-12(15)10-17/h3-10H,2H2,1H3. The lowest BCUT2D eigenvalue weighted by Crippen LogP contribution is -1.94. The molecule has 0 atom stereocenters. The maximum Gasteiger partial charge on any atom is 0.270 e. The molecule has 2 aromatic rings. The number of benzene rings is 2. The first-order valence-corrected chi connectivity index (χ1v) is 6.14. The van der Waals surface area contributed by atoms with Crippen molar-refractivity contribution in [3.8, 4) is 11.5 Å². The van der Waals surface area contributed by atoms with Gasteiger partial charge in [0.05, 0.1) is 10.5 Å². The zero-order valence-electron chi connectivity index (χ0n) is 10.9. The number of nitro groups is 1. The summed E-state index contributed by atoms with van der Waals surface area (Å²) in [6.45, 7) is 2.03. The zero-order valence-corrected chi connectivity index (χ0v) is 10.9. The summed E-state index contributed by atoms with van der Waals surface area (Å²) in [5.74, 6) is 0.903. The molecule has 0 aliphatic heterocycles. The number of aldehydes is 1. The summed E-state index contributed by atoms with van der Waals surface area (Å²) in [5, 5.41) is 10.7. The molecule has 0 unspecified atom stereocenters. The summed E-state index contributed by atoms with van der Waals surface area (Å²) in [4.78, 5) is 21.1. The molecule has 0 saturated heterocycles. The van der Waals surface area contributed by atoms with Crippen LogP contribution in [0.2, 0.25) is 0 Å². The molecule has 20 heavy (non-hydrogen) atoms. The third-order valence-corrected chi connectivity index (χ3v) is 2.87. The van der Waals surface area contributed by atoms with Gasteiger partial charge in [-0.3, -0.25) is 14.9 Å². The summed E-state index contributed by atoms with van der Waals surface area (Å²) in [6, 6.07) is 11.4. The van der Waals surface area contributed by atoms with Crippen LogP contribution in [-0.2, 0) is 6.42 Å². The van der Waals surface area contributed by atoms with Crippen molar-refractivity contribution < 1.29 is 14.5 Å². The molecule has 0 amide bonds. The number of hydrogen-bond acceptors (Lipinski definition) is 4. The van der Waals surface area contributed by atoms with Crippen molar-refractivity contribution >= 4 is 12.0 Å². The van der Waals surface area contributed by atoms with E-state index in [1.807, 2.05) is 25.1 Å². The van der Waals surface area contributed by atoms with Crippen molar-refractivity contribution in [2.24, 2.45) is 0 Å². The molecule has 2 aromatic carbocycles. The highest BCUT2D eigenvalue weighted by Crippen LogP contribution is 2.28. The van der Waals surface area contributed by atoms with Gasteiger partial charge in [-0.05, 0) is 30.2 Å². The van der Waals surface area contributed by atoms with Gasteiger partial charge in [0.15, 0.2) is 6.29 Å². The van der Waals surface area contributed by atoms with Crippen LogP contribution in [0.15, 0.2) is 42.5 Å². The van der Waals surface area contributed by atoms with Crippen LogP contribution in [0.25, 0.3) is 0 Å². The predicted octanol–water partition coefficient (Wildman–Crippen LogP) is 3.76. The highest BCUT2D eigenvalue weighted by molar-refractivity contribution is 5.80. The Morgan fingerprint density at radius 3 is 2.70 bits per heavy atom. The molecular formula is C15H13NO4. The Labute approximate surface area is 116 Å². The summed E-state index contributed by atoms with van der Waals surface area (Å²) in [7, 11) is 0. The highest BCUT2D eigenvalue weighted by Gasteiger charge is 2.12. The zero-order chi connectivity index (χ0) is 14.5. The van der Waals surface area contributed by atoms with Crippen molar-refractivity contribution in [1.29, 1.82) is 0 Å². The third kappa shape index (κ3) is 3.00. The fourth-order valence-electron chi connectivity index (χ4n) is 1.79. The van der Waals surface area contributed by atoms with E-state index in [-0.39, 0.29) is 11.3 Å². The first-order chi connectivity index (χ1) is 9.63. The molecule has 102 valence electrons. The van der Waals surface area contributed by atoms with Gasteiger partial charge in [-0.25, -0.2) is 0 Å². The lowest BCUT2D eigenvalue weighted by Gasteiger charge is -2.08. The third-order valence-electron chi connectivity index (χ3n) is 2.87. The van der Waals surface area contributed by atoms with Gasteiger partial charge in [0.25, 0.3) is 5.69 Å². The van der Waals surface area contributed by atoms with Gasteiger partial charge in [-0.15, -0.1) is 0 Å². The van der Waals surface area contributed by atoms with Gasteiger partial charge in [-0.1, -0.05) is 19.1 Å². The molecule has 0 aliphatic rings. The summed E-state index contributed by atoms with van der Waals surface area (Å²) < 4.78 is 5.62. The smallest absolute Gasteiger partial charge is 0.270 e. The monoisotopic (exact) mass is 271 g/mol. The number of nitro benzene ring substituents is 1. The molecule has 0 N–H and O–H groups in total. The summed E-state index contributed by atoms with van der Waals surface area (Å²) in [5.41, 5.74) is 1.12. The second kappa shape index (κ2) is 5.97. The minimum absolute atomic E-state index is 0.137. The van der Waals surface area contributed by atoms with Crippen molar-refractivity contribution in [3.63, 3.8) is 0 Å². The van der Waals surface area contributed by atoms with Gasteiger partial charge >= 0.3 is 0 Å². The van der Waals surface area contributed by atoms with E-state index in [9.17, 15) is 14.9 Å². The van der Waals surface area contributed by atoms with E-state index >= 15 is 0 Å². The van der Waals surface area contributed by atoms with Crippen LogP contribution in [-0.4, -0.2) is 11.2 Å². The van der Waals surface area contributed by atoms with Crippen LogP contribution in [0, 0.1) is 10.1 Å². The van der Waals surface area contributed by atoms with E-state index < -0.39 is 4.92 Å². The van der Waals surface area contributed by atoms with E-state index in [4.69, 9.17) is 4.74 Å². The number of ether oxygens (including phenoxy) is 1.